The van der Waals surface area contributed by atoms with Gasteiger partial charge in [0.15, 0.2) is 0 Å². The minimum Gasteiger partial charge on any atom is -0.377 e. The lowest BCUT2D eigenvalue weighted by Gasteiger charge is -2.15. The van der Waals surface area contributed by atoms with Crippen molar-refractivity contribution in [3.05, 3.63) is 29.8 Å². The van der Waals surface area contributed by atoms with Crippen molar-refractivity contribution in [2.24, 2.45) is 0 Å². The molecule has 1 N–H and O–H groups in total. The second-order valence-corrected chi connectivity index (χ2v) is 7.46. The SMILES string of the molecule is CC(CNCC1CCCO1)Sc1ccc(C(C)C)cc1. The van der Waals surface area contributed by atoms with E-state index >= 15 is 0 Å². The first kappa shape index (κ1) is 15.9. The van der Waals surface area contributed by atoms with E-state index in [1.54, 1.807) is 0 Å². The predicted molar refractivity (Wildman–Crippen MR) is 87.7 cm³/mol. The van der Waals surface area contributed by atoms with Crippen LogP contribution in [0.3, 0.4) is 0 Å². The summed E-state index contributed by atoms with van der Waals surface area (Å²) < 4.78 is 5.62. The van der Waals surface area contributed by atoms with Gasteiger partial charge in [-0.25, -0.2) is 0 Å². The molecule has 2 unspecified atom stereocenters. The molecule has 0 bridgehead atoms. The number of hydrogen-bond acceptors (Lipinski definition) is 3. The lowest BCUT2D eigenvalue weighted by atomic mass is 10.0. The highest BCUT2D eigenvalue weighted by molar-refractivity contribution is 8.00. The van der Waals surface area contributed by atoms with Gasteiger partial charge >= 0.3 is 0 Å². The molecule has 1 fully saturated rings. The van der Waals surface area contributed by atoms with Gasteiger partial charge in [0, 0.05) is 29.8 Å². The first-order chi connectivity index (χ1) is 9.65. The lowest BCUT2D eigenvalue weighted by molar-refractivity contribution is 0.110. The number of ether oxygens (including phenoxy) is 1. The third-order valence-electron chi connectivity index (χ3n) is 3.71. The summed E-state index contributed by atoms with van der Waals surface area (Å²) in [4.78, 5) is 1.36. The van der Waals surface area contributed by atoms with Gasteiger partial charge in [-0.2, -0.15) is 0 Å². The molecule has 2 nitrogen and oxygen atoms in total. The first-order valence-corrected chi connectivity index (χ1v) is 8.62. The van der Waals surface area contributed by atoms with Gasteiger partial charge < -0.3 is 10.1 Å². The molecule has 1 saturated heterocycles. The van der Waals surface area contributed by atoms with Gasteiger partial charge in [0.05, 0.1) is 6.10 Å². The van der Waals surface area contributed by atoms with E-state index in [4.69, 9.17) is 4.74 Å². The summed E-state index contributed by atoms with van der Waals surface area (Å²) in [6, 6.07) is 8.99. The maximum absolute atomic E-state index is 5.62. The van der Waals surface area contributed by atoms with Gasteiger partial charge in [-0.15, -0.1) is 11.8 Å². The Bertz CT molecular complexity index is 384. The summed E-state index contributed by atoms with van der Waals surface area (Å²) in [6.07, 6.45) is 2.88. The van der Waals surface area contributed by atoms with Gasteiger partial charge in [0.25, 0.3) is 0 Å². The van der Waals surface area contributed by atoms with E-state index in [0.29, 0.717) is 17.3 Å². The molecule has 1 aliphatic rings. The van der Waals surface area contributed by atoms with E-state index in [0.717, 1.165) is 19.7 Å². The molecule has 3 heteroatoms. The molecule has 0 saturated carbocycles. The highest BCUT2D eigenvalue weighted by Crippen LogP contribution is 2.25. The zero-order valence-electron chi connectivity index (χ0n) is 12.9. The van der Waals surface area contributed by atoms with E-state index in [2.05, 4.69) is 50.4 Å². The average molecular weight is 293 g/mol. The van der Waals surface area contributed by atoms with Crippen molar-refractivity contribution in [2.75, 3.05) is 19.7 Å². The fourth-order valence-corrected chi connectivity index (χ4v) is 3.42. The molecule has 0 aliphatic carbocycles. The minimum atomic E-state index is 0.442. The third kappa shape index (κ3) is 5.12. The van der Waals surface area contributed by atoms with Gasteiger partial charge in [0.1, 0.15) is 0 Å². The Kier molecular flexibility index (Phi) is 6.40. The number of nitrogens with one attached hydrogen (secondary N) is 1. The fraction of sp³-hybridized carbons (Fsp3) is 0.647. The van der Waals surface area contributed by atoms with Crippen LogP contribution >= 0.6 is 11.8 Å². The van der Waals surface area contributed by atoms with Gasteiger partial charge in [-0.3, -0.25) is 0 Å². The zero-order chi connectivity index (χ0) is 14.4. The van der Waals surface area contributed by atoms with Crippen LogP contribution in [0.25, 0.3) is 0 Å². The summed E-state index contributed by atoms with van der Waals surface area (Å²) in [5.41, 5.74) is 1.42. The van der Waals surface area contributed by atoms with E-state index < -0.39 is 0 Å². The quantitative estimate of drug-likeness (QED) is 0.766. The van der Waals surface area contributed by atoms with Gasteiger partial charge in [-0.05, 0) is 36.5 Å². The number of rotatable bonds is 7. The predicted octanol–water partition coefficient (Wildman–Crippen LogP) is 4.06. The molecular formula is C17H27NOS. The number of hydrogen-bond donors (Lipinski definition) is 1. The standard InChI is InChI=1S/C17H27NOS/c1-13(2)15-6-8-17(9-7-15)20-14(3)11-18-12-16-5-4-10-19-16/h6-9,13-14,16,18H,4-5,10-12H2,1-3H3. The fourth-order valence-electron chi connectivity index (χ4n) is 2.46. The normalized spacial score (nSPS) is 20.5. The molecule has 1 heterocycles. The topological polar surface area (TPSA) is 21.3 Å². The smallest absolute Gasteiger partial charge is 0.0700 e. The van der Waals surface area contributed by atoms with Gasteiger partial charge in [-0.1, -0.05) is 32.9 Å². The zero-order valence-corrected chi connectivity index (χ0v) is 13.7. The molecule has 0 radical (unpaired) electrons. The van der Waals surface area contributed by atoms with Crippen molar-refractivity contribution in [1.82, 2.24) is 5.32 Å². The second kappa shape index (κ2) is 8.06. The van der Waals surface area contributed by atoms with Crippen molar-refractivity contribution < 1.29 is 4.74 Å². The Morgan fingerprint density at radius 2 is 2.00 bits per heavy atom. The van der Waals surface area contributed by atoms with Crippen LogP contribution in [0.15, 0.2) is 29.2 Å². The molecule has 1 aromatic rings. The van der Waals surface area contributed by atoms with Crippen LogP contribution in [0.1, 0.15) is 45.1 Å². The summed E-state index contributed by atoms with van der Waals surface area (Å²) in [6.45, 7) is 9.73. The molecule has 1 aromatic carbocycles. The molecule has 1 aliphatic heterocycles. The van der Waals surface area contributed by atoms with Crippen molar-refractivity contribution in [1.29, 1.82) is 0 Å². The second-order valence-electron chi connectivity index (χ2n) is 5.95. The van der Waals surface area contributed by atoms with E-state index in [-0.39, 0.29) is 0 Å². The maximum atomic E-state index is 5.62. The van der Waals surface area contributed by atoms with Crippen LogP contribution in [0.5, 0.6) is 0 Å². The molecule has 112 valence electrons. The summed E-state index contributed by atoms with van der Waals surface area (Å²) in [7, 11) is 0. The van der Waals surface area contributed by atoms with Crippen molar-refractivity contribution in [3.8, 4) is 0 Å². The minimum absolute atomic E-state index is 0.442. The van der Waals surface area contributed by atoms with Crippen LogP contribution in [0.2, 0.25) is 0 Å². The van der Waals surface area contributed by atoms with E-state index in [1.165, 1.54) is 23.3 Å². The van der Waals surface area contributed by atoms with Crippen LogP contribution < -0.4 is 5.32 Å². The Morgan fingerprint density at radius 3 is 2.60 bits per heavy atom. The highest BCUT2D eigenvalue weighted by Gasteiger charge is 2.15. The summed E-state index contributed by atoms with van der Waals surface area (Å²) >= 11 is 1.94. The lowest BCUT2D eigenvalue weighted by Crippen LogP contribution is -2.30. The van der Waals surface area contributed by atoms with E-state index in [1.807, 2.05) is 11.8 Å². The number of thioether (sulfide) groups is 1. The molecule has 0 spiro atoms. The Morgan fingerprint density at radius 1 is 1.25 bits per heavy atom. The van der Waals surface area contributed by atoms with Crippen molar-refractivity contribution in [2.45, 2.75) is 55.8 Å². The summed E-state index contributed by atoms with van der Waals surface area (Å²) in [5, 5.41) is 4.12. The summed E-state index contributed by atoms with van der Waals surface area (Å²) in [5.74, 6) is 0.611. The highest BCUT2D eigenvalue weighted by atomic mass is 32.2. The average Bonchev–Trinajstić information content (AvgIpc) is 2.92. The maximum Gasteiger partial charge on any atom is 0.0700 e. The molecular weight excluding hydrogens is 266 g/mol. The molecule has 20 heavy (non-hydrogen) atoms. The molecule has 2 atom stereocenters. The van der Waals surface area contributed by atoms with Crippen LogP contribution in [-0.2, 0) is 4.74 Å². The third-order valence-corrected chi connectivity index (χ3v) is 4.83. The first-order valence-electron chi connectivity index (χ1n) is 7.74. The Labute approximate surface area is 127 Å². The van der Waals surface area contributed by atoms with Gasteiger partial charge in [0.2, 0.25) is 0 Å². The number of benzene rings is 1. The van der Waals surface area contributed by atoms with Crippen LogP contribution in [0, 0.1) is 0 Å². The monoisotopic (exact) mass is 293 g/mol. The molecule has 0 amide bonds. The molecule has 2 rings (SSSR count). The largest absolute Gasteiger partial charge is 0.377 e. The van der Waals surface area contributed by atoms with Crippen molar-refractivity contribution in [3.63, 3.8) is 0 Å². The molecule has 0 aromatic heterocycles. The van der Waals surface area contributed by atoms with Crippen molar-refractivity contribution >= 4 is 11.8 Å². The Hall–Kier alpha value is -0.510. The van der Waals surface area contributed by atoms with E-state index in [9.17, 15) is 0 Å². The Balaban J connectivity index is 1.69. The van der Waals surface area contributed by atoms with Crippen LogP contribution in [-0.4, -0.2) is 31.1 Å². The van der Waals surface area contributed by atoms with Crippen LogP contribution in [0.4, 0.5) is 0 Å².